The summed E-state index contributed by atoms with van der Waals surface area (Å²) in [6.07, 6.45) is 2.45. The maximum Gasteiger partial charge on any atom is 0.317 e. The first-order valence-corrected chi connectivity index (χ1v) is 9.53. The van der Waals surface area contributed by atoms with Gasteiger partial charge in [0.25, 0.3) is 0 Å². The number of methoxy groups -OCH3 is 1. The first-order valence-electron chi connectivity index (χ1n) is 9.53. The van der Waals surface area contributed by atoms with Gasteiger partial charge >= 0.3 is 6.03 Å². The van der Waals surface area contributed by atoms with Crippen LogP contribution in [0.15, 0.2) is 24.3 Å². The number of carbonyl (C=O) groups excluding carboxylic acids is 1. The Morgan fingerprint density at radius 1 is 1.16 bits per heavy atom. The molecular weight excluding hydrogens is 314 g/mol. The lowest BCUT2D eigenvalue weighted by Crippen LogP contribution is -2.61. The third-order valence-corrected chi connectivity index (χ3v) is 6.21. The van der Waals surface area contributed by atoms with Crippen molar-refractivity contribution in [3.63, 3.8) is 0 Å². The highest BCUT2D eigenvalue weighted by atomic mass is 16.5. The van der Waals surface area contributed by atoms with Crippen LogP contribution in [0.5, 0.6) is 5.75 Å². The number of nitrogens with zero attached hydrogens (tertiary/aromatic N) is 2. The highest BCUT2D eigenvalue weighted by Gasteiger charge is 2.54. The number of ether oxygens (including phenoxy) is 1. The van der Waals surface area contributed by atoms with Gasteiger partial charge in [-0.25, -0.2) is 4.79 Å². The minimum atomic E-state index is 0.106. The van der Waals surface area contributed by atoms with Crippen molar-refractivity contribution in [3.8, 4) is 5.75 Å². The lowest BCUT2D eigenvalue weighted by molar-refractivity contribution is 0.00336. The van der Waals surface area contributed by atoms with E-state index in [1.54, 1.807) is 7.11 Å². The van der Waals surface area contributed by atoms with Crippen molar-refractivity contribution in [2.45, 2.75) is 50.7 Å². The van der Waals surface area contributed by atoms with Gasteiger partial charge in [-0.15, -0.1) is 0 Å². The number of fused-ring (bicyclic) bond motifs is 2. The van der Waals surface area contributed by atoms with E-state index in [0.717, 1.165) is 12.3 Å². The van der Waals surface area contributed by atoms with Crippen molar-refractivity contribution in [2.75, 3.05) is 26.7 Å². The molecule has 0 saturated carbocycles. The lowest BCUT2D eigenvalue weighted by Gasteiger charge is -2.51. The quantitative estimate of drug-likeness (QED) is 0.918. The molecule has 3 atom stereocenters. The highest BCUT2D eigenvalue weighted by molar-refractivity contribution is 5.75. The summed E-state index contributed by atoms with van der Waals surface area (Å²) in [6.45, 7) is 7.23. The molecule has 0 radical (unpaired) electrons. The molecule has 0 aromatic heterocycles. The van der Waals surface area contributed by atoms with Crippen LogP contribution < -0.4 is 10.1 Å². The molecule has 5 rings (SSSR count). The highest BCUT2D eigenvalue weighted by Crippen LogP contribution is 2.46. The molecule has 0 unspecified atom stereocenters. The van der Waals surface area contributed by atoms with E-state index < -0.39 is 0 Å². The molecular formula is C20H29N3O2. The smallest absolute Gasteiger partial charge is 0.317 e. The third kappa shape index (κ3) is 2.88. The zero-order valence-corrected chi connectivity index (χ0v) is 15.4. The fourth-order valence-corrected chi connectivity index (χ4v) is 5.13. The van der Waals surface area contributed by atoms with Crippen LogP contribution in [0.3, 0.4) is 0 Å². The van der Waals surface area contributed by atoms with Gasteiger partial charge in [0.05, 0.1) is 13.2 Å². The van der Waals surface area contributed by atoms with Gasteiger partial charge in [-0.05, 0) is 63.4 Å². The Morgan fingerprint density at radius 3 is 2.44 bits per heavy atom. The molecule has 4 aliphatic rings. The van der Waals surface area contributed by atoms with Gasteiger partial charge in [0.2, 0.25) is 0 Å². The Kier molecular flexibility index (Phi) is 4.36. The van der Waals surface area contributed by atoms with Crippen molar-refractivity contribution < 1.29 is 9.53 Å². The second-order valence-corrected chi connectivity index (χ2v) is 7.99. The molecule has 0 spiro atoms. The summed E-state index contributed by atoms with van der Waals surface area (Å²) < 4.78 is 5.31. The van der Waals surface area contributed by atoms with Crippen molar-refractivity contribution in [1.29, 1.82) is 0 Å². The van der Waals surface area contributed by atoms with Crippen molar-refractivity contribution in [3.05, 3.63) is 29.8 Å². The number of likely N-dealkylation sites (tertiary alicyclic amines) is 1. The standard InChI is InChI=1S/C20H29N3O2/c1-13(2)21-20(24)23-12-17(14-4-6-16(25-3)7-5-14)19-18(23)15-8-10-22(19)11-9-15/h4-7,13,15,17-19H,8-12H2,1-3H3,(H,21,24)/t17-,18+,19+/m1/s1. The number of amides is 2. The average Bonchev–Trinajstić information content (AvgIpc) is 3.05. The molecule has 5 nitrogen and oxygen atoms in total. The summed E-state index contributed by atoms with van der Waals surface area (Å²) in [5, 5.41) is 3.12. The molecule has 1 aromatic rings. The number of rotatable bonds is 3. The van der Waals surface area contributed by atoms with Crippen LogP contribution in [0.4, 0.5) is 4.79 Å². The van der Waals surface area contributed by atoms with Gasteiger partial charge in [-0.1, -0.05) is 12.1 Å². The predicted octanol–water partition coefficient (Wildman–Crippen LogP) is 2.68. The van der Waals surface area contributed by atoms with Crippen LogP contribution in [-0.4, -0.2) is 60.7 Å². The van der Waals surface area contributed by atoms with E-state index in [1.807, 2.05) is 26.0 Å². The van der Waals surface area contributed by atoms with E-state index in [9.17, 15) is 4.79 Å². The van der Waals surface area contributed by atoms with Crippen LogP contribution in [-0.2, 0) is 0 Å². The monoisotopic (exact) mass is 343 g/mol. The van der Waals surface area contributed by atoms with E-state index in [0.29, 0.717) is 23.9 Å². The van der Waals surface area contributed by atoms with Gasteiger partial charge in [0.15, 0.2) is 0 Å². The molecule has 2 amide bonds. The van der Waals surface area contributed by atoms with Gasteiger partial charge in [0.1, 0.15) is 5.75 Å². The molecule has 0 aliphatic carbocycles. The molecule has 1 N–H and O–H groups in total. The van der Waals surface area contributed by atoms with Crippen LogP contribution in [0.2, 0.25) is 0 Å². The Hall–Kier alpha value is -1.75. The summed E-state index contributed by atoms with van der Waals surface area (Å²) in [7, 11) is 1.70. The number of urea groups is 1. The fraction of sp³-hybridized carbons (Fsp3) is 0.650. The average molecular weight is 343 g/mol. The molecule has 2 bridgehead atoms. The van der Waals surface area contributed by atoms with Crippen LogP contribution >= 0.6 is 0 Å². The summed E-state index contributed by atoms with van der Waals surface area (Å²) in [5.41, 5.74) is 1.32. The third-order valence-electron chi connectivity index (χ3n) is 6.21. The van der Waals surface area contributed by atoms with E-state index in [4.69, 9.17) is 4.74 Å². The van der Waals surface area contributed by atoms with E-state index >= 15 is 0 Å². The summed E-state index contributed by atoms with van der Waals surface area (Å²) in [5.74, 6) is 1.92. The van der Waals surface area contributed by atoms with Crippen molar-refractivity contribution >= 4 is 6.03 Å². The molecule has 4 aliphatic heterocycles. The Bertz CT molecular complexity index is 622. The van der Waals surface area contributed by atoms with Crippen LogP contribution in [0.1, 0.15) is 38.2 Å². The minimum Gasteiger partial charge on any atom is -0.497 e. The molecule has 1 aromatic carbocycles. The topological polar surface area (TPSA) is 44.8 Å². The number of carbonyl (C=O) groups is 1. The Morgan fingerprint density at radius 2 is 1.84 bits per heavy atom. The lowest BCUT2D eigenvalue weighted by atomic mass is 9.75. The second kappa shape index (κ2) is 6.52. The fourth-order valence-electron chi connectivity index (χ4n) is 5.13. The van der Waals surface area contributed by atoms with E-state index in [1.165, 1.54) is 31.5 Å². The number of hydrogen-bond donors (Lipinski definition) is 1. The molecule has 5 heteroatoms. The zero-order valence-electron chi connectivity index (χ0n) is 15.4. The largest absolute Gasteiger partial charge is 0.497 e. The van der Waals surface area contributed by atoms with Crippen LogP contribution in [0, 0.1) is 5.92 Å². The number of hydrogen-bond acceptors (Lipinski definition) is 3. The molecule has 25 heavy (non-hydrogen) atoms. The first kappa shape index (κ1) is 16.7. The minimum absolute atomic E-state index is 0.106. The predicted molar refractivity (Wildman–Crippen MR) is 98.0 cm³/mol. The van der Waals surface area contributed by atoms with Gasteiger partial charge < -0.3 is 15.0 Å². The Balaban J connectivity index is 1.64. The summed E-state index contributed by atoms with van der Waals surface area (Å²) >= 11 is 0. The van der Waals surface area contributed by atoms with Crippen molar-refractivity contribution in [2.24, 2.45) is 5.92 Å². The molecule has 4 fully saturated rings. The van der Waals surface area contributed by atoms with Gasteiger partial charge in [0, 0.05) is 24.5 Å². The molecule has 4 heterocycles. The maximum atomic E-state index is 12.8. The number of piperidine rings is 3. The number of nitrogens with one attached hydrogen (secondary N) is 1. The van der Waals surface area contributed by atoms with Gasteiger partial charge in [-0.3, -0.25) is 4.90 Å². The first-order chi connectivity index (χ1) is 12.1. The SMILES string of the molecule is COc1ccc([C@H]2CN(C(=O)NC(C)C)[C@H]3C4CCN(CC4)[C@@H]23)cc1. The van der Waals surface area contributed by atoms with E-state index in [-0.39, 0.29) is 12.1 Å². The normalized spacial score (nSPS) is 33.4. The summed E-state index contributed by atoms with van der Waals surface area (Å²) in [4.78, 5) is 17.6. The van der Waals surface area contributed by atoms with Crippen LogP contribution in [0.25, 0.3) is 0 Å². The summed E-state index contributed by atoms with van der Waals surface area (Å²) in [6, 6.07) is 9.52. The Labute approximate surface area is 150 Å². The van der Waals surface area contributed by atoms with Gasteiger partial charge in [-0.2, -0.15) is 0 Å². The maximum absolute atomic E-state index is 12.8. The second-order valence-electron chi connectivity index (χ2n) is 7.99. The van der Waals surface area contributed by atoms with E-state index in [2.05, 4.69) is 27.2 Å². The zero-order chi connectivity index (χ0) is 17.6. The molecule has 4 saturated heterocycles. The van der Waals surface area contributed by atoms with Crippen molar-refractivity contribution in [1.82, 2.24) is 15.1 Å². The molecule has 136 valence electrons. The number of benzene rings is 1.